The van der Waals surface area contributed by atoms with E-state index < -0.39 is 12.2 Å². The number of rotatable bonds is 2. The Labute approximate surface area is 84.0 Å². The Morgan fingerprint density at radius 1 is 1.47 bits per heavy atom. The molecule has 4 N–H and O–H groups in total. The van der Waals surface area contributed by atoms with Crippen molar-refractivity contribution < 1.29 is 17.9 Å². The van der Waals surface area contributed by atoms with E-state index in [1.165, 1.54) is 13.0 Å². The molecule has 0 saturated carbocycles. The van der Waals surface area contributed by atoms with Crippen molar-refractivity contribution in [2.24, 2.45) is 5.73 Å². The van der Waals surface area contributed by atoms with E-state index in [0.29, 0.717) is 5.69 Å². The van der Waals surface area contributed by atoms with Gasteiger partial charge >= 0.3 is 6.36 Å². The van der Waals surface area contributed by atoms with Gasteiger partial charge < -0.3 is 16.2 Å². The van der Waals surface area contributed by atoms with Gasteiger partial charge in [-0.25, -0.2) is 4.98 Å². The van der Waals surface area contributed by atoms with Crippen LogP contribution in [-0.4, -0.2) is 11.3 Å². The predicted molar refractivity (Wildman–Crippen MR) is 48.0 cm³/mol. The summed E-state index contributed by atoms with van der Waals surface area (Å²) in [6.07, 6.45) is -4.79. The van der Waals surface area contributed by atoms with Crippen LogP contribution in [0.4, 0.5) is 18.9 Å². The topological polar surface area (TPSA) is 74.2 Å². The van der Waals surface area contributed by atoms with E-state index in [1.807, 2.05) is 0 Å². The molecule has 1 heterocycles. The summed E-state index contributed by atoms with van der Waals surface area (Å²) in [5, 5.41) is 0. The van der Waals surface area contributed by atoms with Crippen LogP contribution in [0.3, 0.4) is 0 Å². The highest BCUT2D eigenvalue weighted by Gasteiger charge is 2.33. The zero-order chi connectivity index (χ0) is 11.6. The first kappa shape index (κ1) is 11.6. The van der Waals surface area contributed by atoms with Crippen LogP contribution in [0.2, 0.25) is 0 Å². The Hall–Kier alpha value is -1.50. The van der Waals surface area contributed by atoms with Crippen molar-refractivity contribution in [1.29, 1.82) is 0 Å². The molecule has 0 aromatic carbocycles. The van der Waals surface area contributed by atoms with Crippen molar-refractivity contribution in [2.45, 2.75) is 19.8 Å². The zero-order valence-electron chi connectivity index (χ0n) is 7.93. The quantitative estimate of drug-likeness (QED) is 0.790. The molecule has 0 aliphatic carbocycles. The van der Waals surface area contributed by atoms with Gasteiger partial charge in [0.2, 0.25) is 5.88 Å². The molecule has 7 heteroatoms. The van der Waals surface area contributed by atoms with E-state index in [-0.39, 0.29) is 17.8 Å². The molecule has 1 rings (SSSR count). The van der Waals surface area contributed by atoms with Crippen LogP contribution in [0.1, 0.15) is 11.3 Å². The highest BCUT2D eigenvalue weighted by atomic mass is 19.4. The lowest BCUT2D eigenvalue weighted by molar-refractivity contribution is -0.276. The van der Waals surface area contributed by atoms with Crippen LogP contribution in [-0.2, 0) is 6.54 Å². The molecule has 1 aromatic heterocycles. The molecule has 0 aliphatic rings. The number of ether oxygens (including phenoxy) is 1. The van der Waals surface area contributed by atoms with Gasteiger partial charge in [0.25, 0.3) is 0 Å². The predicted octanol–water partition coefficient (Wildman–Crippen LogP) is 1.33. The highest BCUT2D eigenvalue weighted by molar-refractivity contribution is 5.52. The maximum atomic E-state index is 12.0. The molecule has 0 fully saturated rings. The average molecular weight is 221 g/mol. The molecule has 84 valence electrons. The van der Waals surface area contributed by atoms with E-state index in [2.05, 4.69) is 9.72 Å². The standard InChI is InChI=1S/C8H10F3N3O/c1-4-2-6(13)5(3-12)7(14-4)15-8(9,10)11/h2H,3,12H2,1H3,(H2,13,14). The van der Waals surface area contributed by atoms with Crippen molar-refractivity contribution in [3.8, 4) is 5.88 Å². The van der Waals surface area contributed by atoms with Crippen molar-refractivity contribution in [3.05, 3.63) is 17.3 Å². The van der Waals surface area contributed by atoms with Crippen LogP contribution in [0, 0.1) is 6.92 Å². The summed E-state index contributed by atoms with van der Waals surface area (Å²) in [6, 6.07) is 1.44. The number of nitrogens with two attached hydrogens (primary N) is 2. The van der Waals surface area contributed by atoms with E-state index >= 15 is 0 Å². The van der Waals surface area contributed by atoms with Crippen molar-refractivity contribution in [3.63, 3.8) is 0 Å². The first-order valence-corrected chi connectivity index (χ1v) is 4.05. The van der Waals surface area contributed by atoms with Crippen LogP contribution in [0.5, 0.6) is 5.88 Å². The fourth-order valence-corrected chi connectivity index (χ4v) is 1.09. The third kappa shape index (κ3) is 2.98. The van der Waals surface area contributed by atoms with Crippen LogP contribution >= 0.6 is 0 Å². The molecule has 0 radical (unpaired) electrons. The SMILES string of the molecule is Cc1cc(N)c(CN)c(OC(F)(F)F)n1. The molecule has 4 nitrogen and oxygen atoms in total. The number of hydrogen-bond donors (Lipinski definition) is 2. The van der Waals surface area contributed by atoms with Gasteiger partial charge in [-0.1, -0.05) is 0 Å². The summed E-state index contributed by atoms with van der Waals surface area (Å²) >= 11 is 0. The minimum Gasteiger partial charge on any atom is -0.398 e. The van der Waals surface area contributed by atoms with Gasteiger partial charge in [0.1, 0.15) is 0 Å². The lowest BCUT2D eigenvalue weighted by Crippen LogP contribution is -2.20. The highest BCUT2D eigenvalue weighted by Crippen LogP contribution is 2.28. The number of nitrogen functional groups attached to an aromatic ring is 1. The molecule has 15 heavy (non-hydrogen) atoms. The lowest BCUT2D eigenvalue weighted by Gasteiger charge is -2.13. The van der Waals surface area contributed by atoms with Gasteiger partial charge in [0.05, 0.1) is 5.56 Å². The molecule has 0 saturated heterocycles. The average Bonchev–Trinajstić information content (AvgIpc) is 1.99. The summed E-state index contributed by atoms with van der Waals surface area (Å²) in [6.45, 7) is 1.35. The minimum absolute atomic E-state index is 0.0536. The third-order valence-corrected chi connectivity index (χ3v) is 1.67. The van der Waals surface area contributed by atoms with Crippen LogP contribution in [0.15, 0.2) is 6.07 Å². The van der Waals surface area contributed by atoms with Gasteiger partial charge in [0, 0.05) is 17.9 Å². The summed E-state index contributed by atoms with van der Waals surface area (Å²) < 4.78 is 39.6. The van der Waals surface area contributed by atoms with Crippen molar-refractivity contribution >= 4 is 5.69 Å². The van der Waals surface area contributed by atoms with Gasteiger partial charge in [-0.2, -0.15) is 0 Å². The first-order valence-electron chi connectivity index (χ1n) is 4.05. The number of anilines is 1. The van der Waals surface area contributed by atoms with Gasteiger partial charge in [-0.3, -0.25) is 0 Å². The van der Waals surface area contributed by atoms with Gasteiger partial charge in [0.15, 0.2) is 0 Å². The van der Waals surface area contributed by atoms with Crippen molar-refractivity contribution in [1.82, 2.24) is 4.98 Å². The second kappa shape index (κ2) is 3.93. The third-order valence-electron chi connectivity index (χ3n) is 1.67. The number of hydrogen-bond acceptors (Lipinski definition) is 4. The Bertz CT molecular complexity index is 365. The number of alkyl halides is 3. The molecule has 1 aromatic rings. The number of aromatic nitrogens is 1. The Morgan fingerprint density at radius 3 is 2.53 bits per heavy atom. The summed E-state index contributed by atoms with van der Waals surface area (Å²) in [7, 11) is 0. The molecular formula is C8H10F3N3O. The maximum absolute atomic E-state index is 12.0. The minimum atomic E-state index is -4.79. The maximum Gasteiger partial charge on any atom is 0.574 e. The normalized spacial score (nSPS) is 11.5. The number of pyridine rings is 1. The lowest BCUT2D eigenvalue weighted by atomic mass is 10.2. The fourth-order valence-electron chi connectivity index (χ4n) is 1.09. The first-order chi connectivity index (χ1) is 6.83. The number of nitrogens with zero attached hydrogens (tertiary/aromatic N) is 1. The molecule has 0 amide bonds. The molecular weight excluding hydrogens is 211 g/mol. The number of halogens is 3. The zero-order valence-corrected chi connectivity index (χ0v) is 7.93. The van der Waals surface area contributed by atoms with Gasteiger partial charge in [-0.15, -0.1) is 13.2 Å². The molecule has 0 atom stereocenters. The molecule has 0 spiro atoms. The molecule has 0 unspecified atom stereocenters. The van der Waals surface area contributed by atoms with Crippen LogP contribution < -0.4 is 16.2 Å². The summed E-state index contributed by atoms with van der Waals surface area (Å²) in [5.74, 6) is -0.581. The monoisotopic (exact) mass is 221 g/mol. The Kier molecular flexibility index (Phi) is 3.04. The van der Waals surface area contributed by atoms with E-state index in [1.54, 1.807) is 0 Å². The number of aryl methyl sites for hydroxylation is 1. The second-order valence-electron chi connectivity index (χ2n) is 2.89. The van der Waals surface area contributed by atoms with E-state index in [4.69, 9.17) is 11.5 Å². The second-order valence-corrected chi connectivity index (χ2v) is 2.89. The smallest absolute Gasteiger partial charge is 0.398 e. The largest absolute Gasteiger partial charge is 0.574 e. The molecule has 0 bridgehead atoms. The van der Waals surface area contributed by atoms with E-state index in [0.717, 1.165) is 0 Å². The van der Waals surface area contributed by atoms with E-state index in [9.17, 15) is 13.2 Å². The Balaban J connectivity index is 3.15. The summed E-state index contributed by atoms with van der Waals surface area (Å²) in [4.78, 5) is 3.59. The summed E-state index contributed by atoms with van der Waals surface area (Å²) in [5.41, 5.74) is 11.3. The Morgan fingerprint density at radius 2 is 2.07 bits per heavy atom. The molecule has 0 aliphatic heterocycles. The van der Waals surface area contributed by atoms with Gasteiger partial charge in [-0.05, 0) is 13.0 Å². The van der Waals surface area contributed by atoms with Crippen molar-refractivity contribution in [2.75, 3.05) is 5.73 Å². The van der Waals surface area contributed by atoms with Crippen LogP contribution in [0.25, 0.3) is 0 Å². The fraction of sp³-hybridized carbons (Fsp3) is 0.375.